The van der Waals surface area contributed by atoms with Crippen molar-refractivity contribution in [3.8, 4) is 0 Å². The van der Waals surface area contributed by atoms with E-state index in [1.807, 2.05) is 0 Å². The van der Waals surface area contributed by atoms with Gasteiger partial charge < -0.3 is 14.2 Å². The fraction of sp³-hybridized carbons (Fsp3) is 0.692. The molecule has 104 valence electrons. The fourth-order valence-corrected chi connectivity index (χ4v) is 1.14. The number of methoxy groups -OCH3 is 1. The van der Waals surface area contributed by atoms with E-state index in [-0.39, 0.29) is 6.61 Å². The second-order valence-corrected chi connectivity index (χ2v) is 5.28. The van der Waals surface area contributed by atoms with Crippen LogP contribution in [0.15, 0.2) is 12.7 Å². The molecule has 5 nitrogen and oxygen atoms in total. The maximum Gasteiger partial charge on any atom is 0.330 e. The SMILES string of the molecule is C=CC(=O)OCC(C)(C)C(=O)OC(C)(C)COC. The van der Waals surface area contributed by atoms with Crippen molar-refractivity contribution in [3.63, 3.8) is 0 Å². The number of hydrogen-bond donors (Lipinski definition) is 0. The van der Waals surface area contributed by atoms with Crippen LogP contribution in [0.2, 0.25) is 0 Å². The molecule has 0 atom stereocenters. The van der Waals surface area contributed by atoms with Crippen LogP contribution in [-0.4, -0.2) is 37.9 Å². The van der Waals surface area contributed by atoms with Gasteiger partial charge in [-0.3, -0.25) is 4.79 Å². The van der Waals surface area contributed by atoms with Crippen molar-refractivity contribution >= 4 is 11.9 Å². The highest BCUT2D eigenvalue weighted by molar-refractivity contribution is 5.82. The van der Waals surface area contributed by atoms with Crippen molar-refractivity contribution in [2.24, 2.45) is 5.41 Å². The van der Waals surface area contributed by atoms with Crippen molar-refractivity contribution < 1.29 is 23.8 Å². The fourth-order valence-electron chi connectivity index (χ4n) is 1.14. The van der Waals surface area contributed by atoms with Gasteiger partial charge in [-0.05, 0) is 27.7 Å². The molecule has 0 aliphatic heterocycles. The summed E-state index contributed by atoms with van der Waals surface area (Å²) in [6.07, 6.45) is 1.05. The van der Waals surface area contributed by atoms with Crippen LogP contribution in [-0.2, 0) is 23.8 Å². The molecular weight excluding hydrogens is 236 g/mol. The van der Waals surface area contributed by atoms with Crippen LogP contribution < -0.4 is 0 Å². The van der Waals surface area contributed by atoms with Gasteiger partial charge in [-0.15, -0.1) is 0 Å². The third-order valence-corrected chi connectivity index (χ3v) is 2.16. The van der Waals surface area contributed by atoms with Gasteiger partial charge in [0.15, 0.2) is 0 Å². The highest BCUT2D eigenvalue weighted by atomic mass is 16.6. The molecule has 0 heterocycles. The Balaban J connectivity index is 4.46. The second-order valence-electron chi connectivity index (χ2n) is 5.28. The summed E-state index contributed by atoms with van der Waals surface area (Å²) in [6.45, 7) is 10.3. The zero-order valence-corrected chi connectivity index (χ0v) is 11.7. The van der Waals surface area contributed by atoms with E-state index in [2.05, 4.69) is 6.58 Å². The maximum absolute atomic E-state index is 12.0. The molecule has 0 aromatic heterocycles. The Kier molecular flexibility index (Phi) is 6.05. The Morgan fingerprint density at radius 1 is 1.17 bits per heavy atom. The van der Waals surface area contributed by atoms with Crippen LogP contribution in [0.25, 0.3) is 0 Å². The standard InChI is InChI=1S/C13H22O5/c1-7-10(14)17-8-12(2,3)11(15)18-13(4,5)9-16-6/h7H,1,8-9H2,2-6H3. The van der Waals surface area contributed by atoms with E-state index in [4.69, 9.17) is 14.2 Å². The molecule has 0 saturated heterocycles. The third kappa shape index (κ3) is 5.82. The first-order valence-electron chi connectivity index (χ1n) is 5.66. The molecule has 0 aliphatic carbocycles. The first-order chi connectivity index (χ1) is 8.14. The van der Waals surface area contributed by atoms with Gasteiger partial charge >= 0.3 is 11.9 Å². The quantitative estimate of drug-likeness (QED) is 0.514. The van der Waals surface area contributed by atoms with Crippen LogP contribution in [0, 0.1) is 5.41 Å². The summed E-state index contributed by atoms with van der Waals surface area (Å²) in [5.74, 6) is -1.01. The Morgan fingerprint density at radius 3 is 2.17 bits per heavy atom. The molecule has 0 saturated carbocycles. The normalized spacial score (nSPS) is 11.8. The van der Waals surface area contributed by atoms with Crippen molar-refractivity contribution in [3.05, 3.63) is 12.7 Å². The largest absolute Gasteiger partial charge is 0.461 e. The first kappa shape index (κ1) is 16.6. The van der Waals surface area contributed by atoms with E-state index < -0.39 is 23.0 Å². The molecule has 0 spiro atoms. The monoisotopic (exact) mass is 258 g/mol. The van der Waals surface area contributed by atoms with Gasteiger partial charge in [0.05, 0.1) is 12.0 Å². The van der Waals surface area contributed by atoms with Gasteiger partial charge in [0.2, 0.25) is 0 Å². The van der Waals surface area contributed by atoms with Crippen LogP contribution >= 0.6 is 0 Å². The molecular formula is C13H22O5. The lowest BCUT2D eigenvalue weighted by molar-refractivity contribution is -0.175. The highest BCUT2D eigenvalue weighted by Gasteiger charge is 2.35. The summed E-state index contributed by atoms with van der Waals surface area (Å²) in [6, 6.07) is 0. The van der Waals surface area contributed by atoms with Gasteiger partial charge in [-0.25, -0.2) is 4.79 Å². The van der Waals surface area contributed by atoms with E-state index in [9.17, 15) is 9.59 Å². The minimum absolute atomic E-state index is 0.0558. The van der Waals surface area contributed by atoms with Gasteiger partial charge in [0.1, 0.15) is 12.2 Å². The van der Waals surface area contributed by atoms with E-state index in [0.717, 1.165) is 6.08 Å². The number of rotatable bonds is 7. The van der Waals surface area contributed by atoms with Crippen molar-refractivity contribution in [2.75, 3.05) is 20.3 Å². The lowest BCUT2D eigenvalue weighted by atomic mass is 9.94. The molecule has 0 aromatic carbocycles. The lowest BCUT2D eigenvalue weighted by Crippen LogP contribution is -2.40. The van der Waals surface area contributed by atoms with E-state index in [1.54, 1.807) is 27.7 Å². The van der Waals surface area contributed by atoms with Crippen molar-refractivity contribution in [1.82, 2.24) is 0 Å². The number of carbonyl (C=O) groups is 2. The molecule has 0 fully saturated rings. The van der Waals surface area contributed by atoms with Crippen molar-refractivity contribution in [2.45, 2.75) is 33.3 Å². The van der Waals surface area contributed by atoms with Crippen LogP contribution in [0.3, 0.4) is 0 Å². The summed E-state index contributed by atoms with van der Waals surface area (Å²) in [4.78, 5) is 22.9. The zero-order valence-electron chi connectivity index (χ0n) is 11.7. The molecule has 0 aliphatic rings. The summed E-state index contributed by atoms with van der Waals surface area (Å²) in [7, 11) is 1.53. The lowest BCUT2D eigenvalue weighted by Gasteiger charge is -2.30. The van der Waals surface area contributed by atoms with E-state index in [0.29, 0.717) is 6.61 Å². The van der Waals surface area contributed by atoms with E-state index >= 15 is 0 Å². The van der Waals surface area contributed by atoms with Crippen LogP contribution in [0.5, 0.6) is 0 Å². The molecule has 0 N–H and O–H groups in total. The molecule has 0 unspecified atom stereocenters. The zero-order chi connectivity index (χ0) is 14.4. The first-order valence-corrected chi connectivity index (χ1v) is 5.66. The Bertz CT molecular complexity index is 317. The average molecular weight is 258 g/mol. The number of hydrogen-bond acceptors (Lipinski definition) is 5. The molecule has 0 aromatic rings. The predicted molar refractivity (Wildman–Crippen MR) is 67.0 cm³/mol. The minimum atomic E-state index is -0.913. The Morgan fingerprint density at radius 2 is 1.72 bits per heavy atom. The summed E-state index contributed by atoms with van der Waals surface area (Å²) in [5, 5.41) is 0. The molecule has 0 bridgehead atoms. The second kappa shape index (κ2) is 6.54. The molecule has 5 heteroatoms. The molecule has 0 radical (unpaired) electrons. The van der Waals surface area contributed by atoms with Gasteiger partial charge in [-0.1, -0.05) is 6.58 Å². The summed E-state index contributed by atoms with van der Waals surface area (Å²) < 4.78 is 15.2. The molecule has 18 heavy (non-hydrogen) atoms. The minimum Gasteiger partial charge on any atom is -0.461 e. The van der Waals surface area contributed by atoms with Crippen LogP contribution in [0.4, 0.5) is 0 Å². The van der Waals surface area contributed by atoms with Crippen molar-refractivity contribution in [1.29, 1.82) is 0 Å². The van der Waals surface area contributed by atoms with Gasteiger partial charge in [-0.2, -0.15) is 0 Å². The third-order valence-electron chi connectivity index (χ3n) is 2.16. The summed E-state index contributed by atoms with van der Waals surface area (Å²) in [5.41, 5.74) is -1.63. The van der Waals surface area contributed by atoms with Gasteiger partial charge in [0.25, 0.3) is 0 Å². The van der Waals surface area contributed by atoms with E-state index in [1.165, 1.54) is 7.11 Å². The number of ether oxygens (including phenoxy) is 3. The van der Waals surface area contributed by atoms with Gasteiger partial charge in [0, 0.05) is 13.2 Å². The number of esters is 2. The topological polar surface area (TPSA) is 61.8 Å². The predicted octanol–water partition coefficient (Wildman–Crippen LogP) is 1.71. The molecule has 0 amide bonds. The Hall–Kier alpha value is -1.36. The smallest absolute Gasteiger partial charge is 0.330 e. The highest BCUT2D eigenvalue weighted by Crippen LogP contribution is 2.22. The summed E-state index contributed by atoms with van der Waals surface area (Å²) >= 11 is 0. The Labute approximate surface area is 108 Å². The maximum atomic E-state index is 12.0. The number of carbonyl (C=O) groups excluding carboxylic acids is 2. The molecule has 0 rings (SSSR count). The van der Waals surface area contributed by atoms with Crippen LogP contribution in [0.1, 0.15) is 27.7 Å². The average Bonchev–Trinajstić information content (AvgIpc) is 2.25.